The molecule has 0 saturated carbocycles. The predicted molar refractivity (Wildman–Crippen MR) is 65.8 cm³/mol. The van der Waals surface area contributed by atoms with Gasteiger partial charge in [-0.1, -0.05) is 13.8 Å². The van der Waals surface area contributed by atoms with E-state index in [4.69, 9.17) is 0 Å². The molecule has 1 saturated heterocycles. The number of hydrogen-bond acceptors (Lipinski definition) is 4. The summed E-state index contributed by atoms with van der Waals surface area (Å²) < 4.78 is 0. The third kappa shape index (κ3) is 2.50. The van der Waals surface area contributed by atoms with Crippen LogP contribution in [0.1, 0.15) is 31.9 Å². The first-order chi connectivity index (χ1) is 7.81. The van der Waals surface area contributed by atoms with E-state index in [-0.39, 0.29) is 0 Å². The minimum Gasteiger partial charge on any atom is -0.338 e. The third-order valence-corrected chi connectivity index (χ3v) is 3.18. The maximum absolute atomic E-state index is 4.65. The highest BCUT2D eigenvalue weighted by Crippen LogP contribution is 2.18. The number of nitrogens with one attached hydrogen (secondary N) is 1. The molecule has 1 unspecified atom stereocenters. The number of rotatable bonds is 3. The summed E-state index contributed by atoms with van der Waals surface area (Å²) in [5.74, 6) is 1.41. The van der Waals surface area contributed by atoms with Crippen molar-refractivity contribution in [3.63, 3.8) is 0 Å². The van der Waals surface area contributed by atoms with E-state index < -0.39 is 0 Å². The fourth-order valence-corrected chi connectivity index (χ4v) is 1.86. The first-order valence-corrected chi connectivity index (χ1v) is 6.10. The molecule has 1 N–H and O–H groups in total. The van der Waals surface area contributed by atoms with Gasteiger partial charge in [0.25, 0.3) is 0 Å². The number of nitrogens with zero attached hydrogens (tertiary/aromatic N) is 3. The molecule has 1 fully saturated rings. The summed E-state index contributed by atoms with van der Waals surface area (Å²) in [6.07, 6.45) is 3.00. The minimum atomic E-state index is 0.518. The molecule has 4 nitrogen and oxygen atoms in total. The van der Waals surface area contributed by atoms with Crippen molar-refractivity contribution in [2.75, 3.05) is 31.1 Å². The monoisotopic (exact) mass is 220 g/mol. The fourth-order valence-electron chi connectivity index (χ4n) is 1.86. The molecule has 0 aromatic carbocycles. The first kappa shape index (κ1) is 11.3. The molecule has 0 amide bonds. The highest BCUT2D eigenvalue weighted by Gasteiger charge is 2.14. The van der Waals surface area contributed by atoms with Crippen LogP contribution in [-0.2, 0) is 0 Å². The van der Waals surface area contributed by atoms with Gasteiger partial charge >= 0.3 is 0 Å². The van der Waals surface area contributed by atoms with Crippen LogP contribution in [0.5, 0.6) is 0 Å². The molecule has 1 atom stereocenters. The molecule has 1 aliphatic heterocycles. The quantitative estimate of drug-likeness (QED) is 0.836. The van der Waals surface area contributed by atoms with Crippen LogP contribution >= 0.6 is 0 Å². The zero-order chi connectivity index (χ0) is 11.4. The van der Waals surface area contributed by atoms with E-state index in [0.29, 0.717) is 5.92 Å². The predicted octanol–water partition coefficient (Wildman–Crippen LogP) is 1.40. The van der Waals surface area contributed by atoms with Crippen LogP contribution in [-0.4, -0.2) is 36.1 Å². The number of hydrogen-bond donors (Lipinski definition) is 1. The zero-order valence-corrected chi connectivity index (χ0v) is 10.1. The van der Waals surface area contributed by atoms with Crippen LogP contribution in [0.2, 0.25) is 0 Å². The molecular weight excluding hydrogens is 200 g/mol. The van der Waals surface area contributed by atoms with Crippen molar-refractivity contribution in [1.29, 1.82) is 0 Å². The lowest BCUT2D eigenvalue weighted by atomic mass is 10.1. The number of aromatic nitrogens is 2. The summed E-state index contributed by atoms with van der Waals surface area (Å²) in [5.41, 5.74) is 1.16. The molecule has 0 bridgehead atoms. The SMILES string of the molecule is CCC(C)c1ccnc(N2CCNCC2)n1. The van der Waals surface area contributed by atoms with Crippen LogP contribution in [0.3, 0.4) is 0 Å². The molecule has 1 aliphatic rings. The van der Waals surface area contributed by atoms with E-state index in [2.05, 4.69) is 34.0 Å². The van der Waals surface area contributed by atoms with E-state index in [9.17, 15) is 0 Å². The Morgan fingerprint density at radius 3 is 2.88 bits per heavy atom. The summed E-state index contributed by atoms with van der Waals surface area (Å²) in [6.45, 7) is 8.46. The Balaban J connectivity index is 2.14. The van der Waals surface area contributed by atoms with Gasteiger partial charge in [-0.3, -0.25) is 0 Å². The molecule has 0 aliphatic carbocycles. The highest BCUT2D eigenvalue weighted by atomic mass is 15.3. The molecule has 1 aromatic heterocycles. The fraction of sp³-hybridized carbons (Fsp3) is 0.667. The smallest absolute Gasteiger partial charge is 0.225 e. The van der Waals surface area contributed by atoms with Crippen LogP contribution in [0.15, 0.2) is 12.3 Å². The summed E-state index contributed by atoms with van der Waals surface area (Å²) in [4.78, 5) is 11.3. The third-order valence-electron chi connectivity index (χ3n) is 3.18. The standard InChI is InChI=1S/C12H20N4/c1-3-10(2)11-4-5-14-12(15-11)16-8-6-13-7-9-16/h4-5,10,13H,3,6-9H2,1-2H3. The molecule has 16 heavy (non-hydrogen) atoms. The normalized spacial score (nSPS) is 18.5. The van der Waals surface area contributed by atoms with Gasteiger partial charge in [0.1, 0.15) is 0 Å². The Morgan fingerprint density at radius 1 is 1.44 bits per heavy atom. The van der Waals surface area contributed by atoms with Gasteiger partial charge in [0.05, 0.1) is 0 Å². The van der Waals surface area contributed by atoms with E-state index in [0.717, 1.165) is 44.2 Å². The van der Waals surface area contributed by atoms with Gasteiger partial charge in [-0.25, -0.2) is 9.97 Å². The number of anilines is 1. The van der Waals surface area contributed by atoms with Gasteiger partial charge in [0.15, 0.2) is 0 Å². The van der Waals surface area contributed by atoms with E-state index in [1.807, 2.05) is 12.3 Å². The van der Waals surface area contributed by atoms with Crippen molar-refractivity contribution in [3.8, 4) is 0 Å². The lowest BCUT2D eigenvalue weighted by Crippen LogP contribution is -2.44. The van der Waals surface area contributed by atoms with Crippen molar-refractivity contribution in [2.45, 2.75) is 26.2 Å². The lowest BCUT2D eigenvalue weighted by molar-refractivity contribution is 0.577. The number of piperazine rings is 1. The minimum absolute atomic E-state index is 0.518. The summed E-state index contributed by atoms with van der Waals surface area (Å²) in [5, 5.41) is 3.34. The van der Waals surface area contributed by atoms with Gasteiger partial charge in [-0.2, -0.15) is 0 Å². The molecule has 2 heterocycles. The Labute approximate surface area is 97.1 Å². The first-order valence-electron chi connectivity index (χ1n) is 6.10. The van der Waals surface area contributed by atoms with E-state index in [1.165, 1.54) is 0 Å². The van der Waals surface area contributed by atoms with Crippen molar-refractivity contribution >= 4 is 5.95 Å². The molecule has 1 aromatic rings. The molecule has 0 spiro atoms. The van der Waals surface area contributed by atoms with Crippen LogP contribution < -0.4 is 10.2 Å². The molecule has 4 heteroatoms. The van der Waals surface area contributed by atoms with Crippen molar-refractivity contribution in [1.82, 2.24) is 15.3 Å². The second-order valence-corrected chi connectivity index (χ2v) is 4.33. The van der Waals surface area contributed by atoms with Crippen LogP contribution in [0.25, 0.3) is 0 Å². The summed E-state index contributed by atoms with van der Waals surface area (Å²) >= 11 is 0. The van der Waals surface area contributed by atoms with E-state index in [1.54, 1.807) is 0 Å². The summed E-state index contributed by atoms with van der Waals surface area (Å²) in [7, 11) is 0. The molecule has 2 rings (SSSR count). The summed E-state index contributed by atoms with van der Waals surface area (Å²) in [6, 6.07) is 2.03. The largest absolute Gasteiger partial charge is 0.338 e. The van der Waals surface area contributed by atoms with Crippen molar-refractivity contribution in [2.24, 2.45) is 0 Å². The van der Waals surface area contributed by atoms with Crippen molar-refractivity contribution in [3.05, 3.63) is 18.0 Å². The van der Waals surface area contributed by atoms with Gasteiger partial charge < -0.3 is 10.2 Å². The second kappa shape index (κ2) is 5.25. The Bertz CT molecular complexity index is 334. The zero-order valence-electron chi connectivity index (χ0n) is 10.1. The van der Waals surface area contributed by atoms with Gasteiger partial charge in [0.2, 0.25) is 5.95 Å². The maximum Gasteiger partial charge on any atom is 0.225 e. The van der Waals surface area contributed by atoms with Gasteiger partial charge in [-0.15, -0.1) is 0 Å². The van der Waals surface area contributed by atoms with Gasteiger partial charge in [-0.05, 0) is 18.4 Å². The lowest BCUT2D eigenvalue weighted by Gasteiger charge is -2.27. The van der Waals surface area contributed by atoms with E-state index >= 15 is 0 Å². The van der Waals surface area contributed by atoms with Crippen LogP contribution in [0, 0.1) is 0 Å². The molecule has 0 radical (unpaired) electrons. The Kier molecular flexibility index (Phi) is 3.72. The van der Waals surface area contributed by atoms with Gasteiger partial charge in [0, 0.05) is 38.1 Å². The molecular formula is C12H20N4. The second-order valence-electron chi connectivity index (χ2n) is 4.33. The maximum atomic E-state index is 4.65. The highest BCUT2D eigenvalue weighted by molar-refractivity contribution is 5.31. The topological polar surface area (TPSA) is 41.1 Å². The Morgan fingerprint density at radius 2 is 2.19 bits per heavy atom. The average Bonchev–Trinajstić information content (AvgIpc) is 2.39. The van der Waals surface area contributed by atoms with Crippen LogP contribution in [0.4, 0.5) is 5.95 Å². The Hall–Kier alpha value is -1.16. The van der Waals surface area contributed by atoms with Crippen molar-refractivity contribution < 1.29 is 0 Å². The average molecular weight is 220 g/mol. The molecule has 88 valence electrons.